The van der Waals surface area contributed by atoms with Crippen LogP contribution in [0.4, 0.5) is 17.6 Å². The van der Waals surface area contributed by atoms with Crippen molar-refractivity contribution in [2.45, 2.75) is 12.2 Å². The van der Waals surface area contributed by atoms with E-state index in [0.29, 0.717) is 12.1 Å². The normalized spacial score (nSPS) is 11.3. The maximum Gasteiger partial charge on any atom is 0.293 e. The lowest BCUT2D eigenvalue weighted by molar-refractivity contribution is -0.121. The van der Waals surface area contributed by atoms with Gasteiger partial charge < -0.3 is 5.32 Å². The second-order valence-corrected chi connectivity index (χ2v) is 3.31. The van der Waals surface area contributed by atoms with Gasteiger partial charge in [0.25, 0.3) is 5.92 Å². The highest BCUT2D eigenvalue weighted by molar-refractivity contribution is 6.19. The first-order valence-corrected chi connectivity index (χ1v) is 4.67. The zero-order valence-corrected chi connectivity index (χ0v) is 8.64. The largest absolute Gasteiger partial charge is 0.350 e. The number of halogens is 4. The average Bonchev–Trinajstić information content (AvgIpc) is 2.29. The molecule has 0 unspecified atom stereocenters. The molecule has 2 radical (unpaired) electrons. The van der Waals surface area contributed by atoms with E-state index in [-0.39, 0.29) is 0 Å². The minimum Gasteiger partial charge on any atom is -0.350 e. The molecule has 1 N–H and O–H groups in total. The molecule has 0 atom stereocenters. The monoisotopic (exact) mass is 245 g/mol. The van der Waals surface area contributed by atoms with Crippen LogP contribution < -0.4 is 5.32 Å². The van der Waals surface area contributed by atoms with Gasteiger partial charge in [-0.15, -0.1) is 0 Å². The van der Waals surface area contributed by atoms with Crippen molar-refractivity contribution < 1.29 is 22.4 Å². The molecule has 0 fully saturated rings. The summed E-state index contributed by atoms with van der Waals surface area (Å²) < 4.78 is 52.7. The number of benzene rings is 1. The molecule has 7 heteroatoms. The highest BCUT2D eigenvalue weighted by atomic mass is 19.3. The van der Waals surface area contributed by atoms with E-state index in [2.05, 4.69) is 0 Å². The summed E-state index contributed by atoms with van der Waals surface area (Å²) in [6.07, 6.45) is -0.457. The van der Waals surface area contributed by atoms with E-state index in [4.69, 9.17) is 7.85 Å². The molecule has 0 aliphatic carbocycles. The van der Waals surface area contributed by atoms with E-state index < -0.39 is 41.9 Å². The van der Waals surface area contributed by atoms with Crippen molar-refractivity contribution in [3.05, 3.63) is 35.4 Å². The molecule has 2 nitrogen and oxygen atoms in total. The SMILES string of the molecule is [B]CC(=O)NCC(F)(F)c1cc(F)ccc1F. The van der Waals surface area contributed by atoms with Crippen molar-refractivity contribution in [2.75, 3.05) is 6.54 Å². The molecule has 17 heavy (non-hydrogen) atoms. The number of hydrogen-bond acceptors (Lipinski definition) is 1. The van der Waals surface area contributed by atoms with Crippen LogP contribution in [0.15, 0.2) is 18.2 Å². The minimum absolute atomic E-state index is 0.393. The maximum atomic E-state index is 13.4. The van der Waals surface area contributed by atoms with Crippen molar-refractivity contribution in [2.24, 2.45) is 0 Å². The zero-order chi connectivity index (χ0) is 13.1. The Labute approximate surface area is 96.4 Å². The number of alkyl halides is 2. The molecule has 1 rings (SSSR count). The molecule has 1 amide bonds. The van der Waals surface area contributed by atoms with Gasteiger partial charge in [-0.2, -0.15) is 8.78 Å². The van der Waals surface area contributed by atoms with Crippen LogP contribution in [0.2, 0.25) is 6.32 Å². The summed E-state index contributed by atoms with van der Waals surface area (Å²) in [6.45, 7) is -1.14. The molecule has 0 saturated carbocycles. The second kappa shape index (κ2) is 5.20. The van der Waals surface area contributed by atoms with Crippen LogP contribution in [0.1, 0.15) is 5.56 Å². The van der Waals surface area contributed by atoms with Crippen LogP contribution in [0, 0.1) is 11.6 Å². The predicted molar refractivity (Wildman–Crippen MR) is 53.8 cm³/mol. The van der Waals surface area contributed by atoms with E-state index >= 15 is 0 Å². The number of carbonyl (C=O) groups is 1. The van der Waals surface area contributed by atoms with Crippen LogP contribution in [0.25, 0.3) is 0 Å². The van der Waals surface area contributed by atoms with Crippen LogP contribution in [0.5, 0.6) is 0 Å². The first-order chi connectivity index (χ1) is 7.86. The standard InChI is InChI=1S/C10H8BF4NO/c11-4-9(17)16-5-10(14,15)7-3-6(12)1-2-8(7)13/h1-3H,4-5H2,(H,16,17). The summed E-state index contributed by atoms with van der Waals surface area (Å²) >= 11 is 0. The van der Waals surface area contributed by atoms with Crippen LogP contribution in [0.3, 0.4) is 0 Å². The summed E-state index contributed by atoms with van der Waals surface area (Å²) in [5.74, 6) is -6.72. The fourth-order valence-electron chi connectivity index (χ4n) is 1.15. The van der Waals surface area contributed by atoms with Crippen LogP contribution in [-0.2, 0) is 10.7 Å². The highest BCUT2D eigenvalue weighted by Crippen LogP contribution is 2.29. The van der Waals surface area contributed by atoms with Gasteiger partial charge in [0.05, 0.1) is 20.0 Å². The molecule has 0 bridgehead atoms. The first-order valence-electron chi connectivity index (χ1n) is 4.67. The Morgan fingerprint density at radius 3 is 2.59 bits per heavy atom. The molecule has 0 saturated heterocycles. The lowest BCUT2D eigenvalue weighted by atomic mass is 10.0. The number of nitrogens with one attached hydrogen (secondary N) is 1. The molecular weight excluding hydrogens is 237 g/mol. The van der Waals surface area contributed by atoms with Gasteiger partial charge in [-0.25, -0.2) is 8.78 Å². The van der Waals surface area contributed by atoms with Crippen LogP contribution >= 0.6 is 0 Å². The topological polar surface area (TPSA) is 29.1 Å². The molecular formula is C10H8BF4NO. The summed E-state index contributed by atoms with van der Waals surface area (Å²) in [6, 6.07) is 1.72. The molecule has 90 valence electrons. The van der Waals surface area contributed by atoms with Gasteiger partial charge in [0.1, 0.15) is 11.6 Å². The Kier molecular flexibility index (Phi) is 4.14. The molecule has 1 aromatic carbocycles. The van der Waals surface area contributed by atoms with Gasteiger partial charge in [-0.3, -0.25) is 4.79 Å². The Balaban J connectivity index is 2.88. The van der Waals surface area contributed by atoms with Gasteiger partial charge in [-0.05, 0) is 24.5 Å². The van der Waals surface area contributed by atoms with Gasteiger partial charge in [0, 0.05) is 0 Å². The van der Waals surface area contributed by atoms with Gasteiger partial charge in [0.15, 0.2) is 0 Å². The van der Waals surface area contributed by atoms with Crippen molar-refractivity contribution >= 4 is 13.8 Å². The van der Waals surface area contributed by atoms with E-state index in [0.717, 1.165) is 6.07 Å². The fourth-order valence-corrected chi connectivity index (χ4v) is 1.15. The van der Waals surface area contributed by atoms with E-state index in [1.807, 2.05) is 5.32 Å². The summed E-state index contributed by atoms with van der Waals surface area (Å²) in [4.78, 5) is 10.7. The Morgan fingerprint density at radius 1 is 1.35 bits per heavy atom. The van der Waals surface area contributed by atoms with Crippen LogP contribution in [-0.4, -0.2) is 20.3 Å². The summed E-state index contributed by atoms with van der Waals surface area (Å²) in [7, 11) is 4.90. The molecule has 0 spiro atoms. The quantitative estimate of drug-likeness (QED) is 0.635. The lowest BCUT2D eigenvalue weighted by Crippen LogP contribution is -2.35. The predicted octanol–water partition coefficient (Wildman–Crippen LogP) is 1.76. The Hall–Kier alpha value is -1.53. The first kappa shape index (κ1) is 13.5. The van der Waals surface area contributed by atoms with Gasteiger partial charge in [0.2, 0.25) is 5.91 Å². The average molecular weight is 245 g/mol. The third kappa shape index (κ3) is 3.47. The van der Waals surface area contributed by atoms with E-state index in [9.17, 15) is 22.4 Å². The van der Waals surface area contributed by atoms with Crippen molar-refractivity contribution in [1.82, 2.24) is 5.32 Å². The van der Waals surface area contributed by atoms with E-state index in [1.54, 1.807) is 0 Å². The Morgan fingerprint density at radius 2 is 2.00 bits per heavy atom. The number of carbonyl (C=O) groups excluding carboxylic acids is 1. The van der Waals surface area contributed by atoms with Crippen molar-refractivity contribution in [1.29, 1.82) is 0 Å². The highest BCUT2D eigenvalue weighted by Gasteiger charge is 2.35. The third-order valence-corrected chi connectivity index (χ3v) is 2.02. The fraction of sp³-hybridized carbons (Fsp3) is 0.300. The van der Waals surface area contributed by atoms with Gasteiger partial charge >= 0.3 is 0 Å². The maximum absolute atomic E-state index is 13.4. The third-order valence-electron chi connectivity index (χ3n) is 2.02. The van der Waals surface area contributed by atoms with E-state index in [1.165, 1.54) is 0 Å². The smallest absolute Gasteiger partial charge is 0.293 e. The second-order valence-electron chi connectivity index (χ2n) is 3.31. The zero-order valence-electron chi connectivity index (χ0n) is 8.64. The van der Waals surface area contributed by atoms with Crippen molar-refractivity contribution in [3.63, 3.8) is 0 Å². The summed E-state index contributed by atoms with van der Waals surface area (Å²) in [5, 5.41) is 1.81. The molecule has 0 aromatic heterocycles. The minimum atomic E-state index is -3.70. The number of rotatable bonds is 4. The molecule has 0 heterocycles. The molecule has 0 aliphatic heterocycles. The summed E-state index contributed by atoms with van der Waals surface area (Å²) in [5.41, 5.74) is -1.10. The van der Waals surface area contributed by atoms with Crippen molar-refractivity contribution in [3.8, 4) is 0 Å². The number of amides is 1. The molecule has 0 aliphatic rings. The Bertz CT molecular complexity index is 425. The number of hydrogen-bond donors (Lipinski definition) is 1. The van der Waals surface area contributed by atoms with Gasteiger partial charge in [-0.1, -0.05) is 0 Å². The lowest BCUT2D eigenvalue weighted by Gasteiger charge is -2.18. The molecule has 1 aromatic rings.